The summed E-state index contributed by atoms with van der Waals surface area (Å²) in [6.45, 7) is 13.5. The van der Waals surface area contributed by atoms with Gasteiger partial charge in [0.1, 0.15) is 11.5 Å². The van der Waals surface area contributed by atoms with Crippen LogP contribution in [0.4, 0.5) is 0 Å². The van der Waals surface area contributed by atoms with Crippen molar-refractivity contribution in [3.05, 3.63) is 65.9 Å². The lowest BCUT2D eigenvalue weighted by Gasteiger charge is -2.27. The Kier molecular flexibility index (Phi) is 10.3. The zero-order chi connectivity index (χ0) is 26.1. The summed E-state index contributed by atoms with van der Waals surface area (Å²) in [5.74, 6) is 2.92. The summed E-state index contributed by atoms with van der Waals surface area (Å²) in [7, 11) is 1.64. The van der Waals surface area contributed by atoms with Gasteiger partial charge in [-0.25, -0.2) is 4.68 Å². The third kappa shape index (κ3) is 8.08. The Labute approximate surface area is 215 Å². The number of aliphatic hydroxyl groups excluding tert-OH is 1. The van der Waals surface area contributed by atoms with Crippen LogP contribution in [-0.4, -0.2) is 59.3 Å². The zero-order valence-electron chi connectivity index (χ0n) is 22.5. The molecular weight excluding hydrogens is 454 g/mol. The minimum absolute atomic E-state index is 0.322. The molecule has 1 aromatic heterocycles. The molecule has 0 amide bonds. The van der Waals surface area contributed by atoms with Crippen molar-refractivity contribution in [1.29, 1.82) is 0 Å². The number of methoxy groups -OCH3 is 1. The summed E-state index contributed by atoms with van der Waals surface area (Å²) < 4.78 is 19.4. The molecule has 1 unspecified atom stereocenters. The standard InChI is InChI=1S/C29H41N3O4/c1-21(2)16-31(17-25(33)20-35-19-22(3)4)18-28-23(5)30-32(24-11-8-7-9-12-24)29(28)36-27-14-10-13-26(15-27)34-6/h7-15,21-22,25,33H,16-20H2,1-6H3. The van der Waals surface area contributed by atoms with E-state index in [1.807, 2.05) is 66.2 Å². The van der Waals surface area contributed by atoms with E-state index in [1.54, 1.807) is 7.11 Å². The lowest BCUT2D eigenvalue weighted by molar-refractivity contribution is 0.00511. The lowest BCUT2D eigenvalue weighted by atomic mass is 10.1. The van der Waals surface area contributed by atoms with Crippen LogP contribution < -0.4 is 9.47 Å². The Balaban J connectivity index is 1.92. The molecule has 7 nitrogen and oxygen atoms in total. The number of hydrogen-bond acceptors (Lipinski definition) is 6. The highest BCUT2D eigenvalue weighted by Crippen LogP contribution is 2.33. The predicted molar refractivity (Wildman–Crippen MR) is 143 cm³/mol. The van der Waals surface area contributed by atoms with Gasteiger partial charge >= 0.3 is 0 Å². The summed E-state index contributed by atoms with van der Waals surface area (Å²) in [4.78, 5) is 2.26. The Morgan fingerprint density at radius 2 is 1.64 bits per heavy atom. The molecule has 0 radical (unpaired) electrons. The number of rotatable bonds is 14. The van der Waals surface area contributed by atoms with Crippen LogP contribution in [0, 0.1) is 18.8 Å². The molecule has 2 aromatic carbocycles. The molecule has 0 aliphatic heterocycles. The van der Waals surface area contributed by atoms with Gasteiger partial charge in [0, 0.05) is 32.3 Å². The molecule has 0 fully saturated rings. The number of aromatic nitrogens is 2. The number of aliphatic hydroxyl groups is 1. The molecule has 0 spiro atoms. The predicted octanol–water partition coefficient (Wildman–Crippen LogP) is 5.47. The first kappa shape index (κ1) is 27.7. The maximum atomic E-state index is 10.7. The van der Waals surface area contributed by atoms with Crippen LogP contribution in [-0.2, 0) is 11.3 Å². The van der Waals surface area contributed by atoms with Gasteiger partial charge in [-0.3, -0.25) is 4.90 Å². The third-order valence-corrected chi connectivity index (χ3v) is 5.63. The fourth-order valence-corrected chi connectivity index (χ4v) is 4.08. The van der Waals surface area contributed by atoms with Crippen LogP contribution in [0.25, 0.3) is 5.69 Å². The van der Waals surface area contributed by atoms with Crippen LogP contribution in [0.15, 0.2) is 54.6 Å². The quantitative estimate of drug-likeness (QED) is 0.320. The van der Waals surface area contributed by atoms with Gasteiger partial charge in [-0.15, -0.1) is 0 Å². The van der Waals surface area contributed by atoms with Crippen LogP contribution >= 0.6 is 0 Å². The second-order valence-electron chi connectivity index (χ2n) is 10.1. The van der Waals surface area contributed by atoms with E-state index in [0.29, 0.717) is 49.8 Å². The van der Waals surface area contributed by atoms with Crippen molar-refractivity contribution in [2.24, 2.45) is 11.8 Å². The second kappa shape index (κ2) is 13.4. The first-order chi connectivity index (χ1) is 17.3. The summed E-state index contributed by atoms with van der Waals surface area (Å²) >= 11 is 0. The Bertz CT molecular complexity index is 1070. The SMILES string of the molecule is COc1cccc(Oc2c(CN(CC(C)C)CC(O)COCC(C)C)c(C)nn2-c2ccccc2)c1. The highest BCUT2D eigenvalue weighted by Gasteiger charge is 2.23. The number of benzene rings is 2. The molecular formula is C29H41N3O4. The molecule has 0 bridgehead atoms. The molecule has 0 aliphatic carbocycles. The van der Waals surface area contributed by atoms with Crippen LogP contribution in [0.3, 0.4) is 0 Å². The Morgan fingerprint density at radius 1 is 0.917 bits per heavy atom. The van der Waals surface area contributed by atoms with Gasteiger partial charge < -0.3 is 19.3 Å². The van der Waals surface area contributed by atoms with Gasteiger partial charge in [0.2, 0.25) is 5.88 Å². The molecule has 3 aromatic rings. The number of aryl methyl sites for hydroxylation is 1. The van der Waals surface area contributed by atoms with Gasteiger partial charge in [-0.05, 0) is 43.0 Å². The first-order valence-electron chi connectivity index (χ1n) is 12.7. The number of ether oxygens (including phenoxy) is 3. The molecule has 0 saturated heterocycles. The van der Waals surface area contributed by atoms with E-state index in [1.165, 1.54) is 0 Å². The van der Waals surface area contributed by atoms with Crippen LogP contribution in [0.1, 0.15) is 39.0 Å². The molecule has 36 heavy (non-hydrogen) atoms. The molecule has 3 rings (SSSR count). The van der Waals surface area contributed by atoms with E-state index >= 15 is 0 Å². The molecule has 196 valence electrons. The fourth-order valence-electron chi connectivity index (χ4n) is 4.08. The van der Waals surface area contributed by atoms with E-state index < -0.39 is 6.10 Å². The maximum absolute atomic E-state index is 10.7. The van der Waals surface area contributed by atoms with Crippen molar-refractivity contribution >= 4 is 0 Å². The molecule has 0 aliphatic rings. The lowest BCUT2D eigenvalue weighted by Crippen LogP contribution is -2.37. The number of nitrogens with zero attached hydrogens (tertiary/aromatic N) is 3. The van der Waals surface area contributed by atoms with Crippen molar-refractivity contribution < 1.29 is 19.3 Å². The van der Waals surface area contributed by atoms with Crippen LogP contribution in [0.5, 0.6) is 17.4 Å². The van der Waals surface area contributed by atoms with Crippen molar-refractivity contribution in [2.75, 3.05) is 33.4 Å². The van der Waals surface area contributed by atoms with Crippen molar-refractivity contribution in [2.45, 2.75) is 47.3 Å². The van der Waals surface area contributed by atoms with E-state index in [2.05, 4.69) is 32.6 Å². The minimum atomic E-state index is -0.574. The summed E-state index contributed by atoms with van der Waals surface area (Å²) in [6, 6.07) is 17.5. The molecule has 1 N–H and O–H groups in total. The topological polar surface area (TPSA) is 69.0 Å². The summed E-state index contributed by atoms with van der Waals surface area (Å²) in [5, 5.41) is 15.6. The Hall–Kier alpha value is -2.87. The number of para-hydroxylation sites is 1. The van der Waals surface area contributed by atoms with Crippen molar-refractivity contribution in [1.82, 2.24) is 14.7 Å². The van der Waals surface area contributed by atoms with Gasteiger partial charge in [-0.1, -0.05) is 52.0 Å². The van der Waals surface area contributed by atoms with E-state index in [0.717, 1.165) is 29.2 Å². The molecule has 1 atom stereocenters. The third-order valence-electron chi connectivity index (χ3n) is 5.63. The highest BCUT2D eigenvalue weighted by atomic mass is 16.5. The smallest absolute Gasteiger partial charge is 0.227 e. The maximum Gasteiger partial charge on any atom is 0.227 e. The zero-order valence-corrected chi connectivity index (χ0v) is 22.5. The highest BCUT2D eigenvalue weighted by molar-refractivity contribution is 5.44. The normalized spacial score (nSPS) is 12.5. The van der Waals surface area contributed by atoms with Gasteiger partial charge in [0.25, 0.3) is 0 Å². The molecule has 7 heteroatoms. The van der Waals surface area contributed by atoms with Crippen LogP contribution in [0.2, 0.25) is 0 Å². The Morgan fingerprint density at radius 3 is 2.31 bits per heavy atom. The van der Waals surface area contributed by atoms with Crippen molar-refractivity contribution in [3.8, 4) is 23.1 Å². The average Bonchev–Trinajstić information content (AvgIpc) is 3.14. The summed E-state index contributed by atoms with van der Waals surface area (Å²) in [6.07, 6.45) is -0.574. The van der Waals surface area contributed by atoms with Crippen molar-refractivity contribution in [3.63, 3.8) is 0 Å². The van der Waals surface area contributed by atoms with Gasteiger partial charge in [0.05, 0.1) is 36.8 Å². The number of hydrogen-bond donors (Lipinski definition) is 1. The van der Waals surface area contributed by atoms with E-state index in [9.17, 15) is 5.11 Å². The van der Waals surface area contributed by atoms with Gasteiger partial charge in [-0.2, -0.15) is 5.10 Å². The second-order valence-corrected chi connectivity index (χ2v) is 10.1. The summed E-state index contributed by atoms with van der Waals surface area (Å²) in [5.41, 5.74) is 2.79. The largest absolute Gasteiger partial charge is 0.497 e. The first-order valence-corrected chi connectivity index (χ1v) is 12.7. The van der Waals surface area contributed by atoms with Gasteiger partial charge in [0.15, 0.2) is 0 Å². The molecule has 1 heterocycles. The van der Waals surface area contributed by atoms with E-state index in [-0.39, 0.29) is 0 Å². The minimum Gasteiger partial charge on any atom is -0.497 e. The fraction of sp³-hybridized carbons (Fsp3) is 0.483. The average molecular weight is 496 g/mol. The monoisotopic (exact) mass is 495 g/mol. The van der Waals surface area contributed by atoms with E-state index in [4.69, 9.17) is 19.3 Å². The molecule has 0 saturated carbocycles.